The highest BCUT2D eigenvalue weighted by Crippen LogP contribution is 2.29. The van der Waals surface area contributed by atoms with Crippen LogP contribution in [0.15, 0.2) is 17.6 Å². The third kappa shape index (κ3) is 5.83. The van der Waals surface area contributed by atoms with Crippen LogP contribution in [0.25, 0.3) is 0 Å². The van der Waals surface area contributed by atoms with Gasteiger partial charge in [-0.3, -0.25) is 4.99 Å². The van der Waals surface area contributed by atoms with Gasteiger partial charge in [-0.1, -0.05) is 19.9 Å². The average Bonchev–Trinajstić information content (AvgIpc) is 2.85. The Kier molecular flexibility index (Phi) is 6.50. The minimum absolute atomic E-state index is 0.160. The summed E-state index contributed by atoms with van der Waals surface area (Å²) < 4.78 is 23.1. The summed E-state index contributed by atoms with van der Waals surface area (Å²) in [6.07, 6.45) is 6.11. The summed E-state index contributed by atoms with van der Waals surface area (Å²) in [5, 5.41) is 6.79. The number of nitrogens with one attached hydrogen (secondary N) is 2. The number of hydrogen-bond donors (Lipinski definition) is 2. The molecule has 0 aromatic rings. The molecule has 0 aromatic heterocycles. The molecule has 1 saturated carbocycles. The van der Waals surface area contributed by atoms with Crippen molar-refractivity contribution in [1.29, 1.82) is 0 Å². The number of guanidine groups is 1. The van der Waals surface area contributed by atoms with Crippen LogP contribution < -0.4 is 10.6 Å². The molecule has 132 valence electrons. The van der Waals surface area contributed by atoms with Crippen LogP contribution in [0, 0.1) is 17.8 Å². The fraction of sp³-hybridized carbons (Fsp3) is 0.824. The zero-order valence-electron chi connectivity index (χ0n) is 14.4. The summed E-state index contributed by atoms with van der Waals surface area (Å²) in [5.41, 5.74) is 0. The van der Waals surface area contributed by atoms with Crippen molar-refractivity contribution in [3.05, 3.63) is 12.7 Å². The molecule has 2 N–H and O–H groups in total. The summed E-state index contributed by atoms with van der Waals surface area (Å²) in [4.78, 5) is 4.63. The van der Waals surface area contributed by atoms with Gasteiger partial charge < -0.3 is 10.6 Å². The zero-order valence-corrected chi connectivity index (χ0v) is 15.2. The predicted molar refractivity (Wildman–Crippen MR) is 96.4 cm³/mol. The lowest BCUT2D eigenvalue weighted by Gasteiger charge is -2.33. The minimum Gasteiger partial charge on any atom is -0.354 e. The summed E-state index contributed by atoms with van der Waals surface area (Å²) in [7, 11) is -2.83. The molecule has 0 bridgehead atoms. The standard InChI is InChI=1S/C17H31N3O2S/c1-4-8-18-17(19-11-15-7-9-23(21,22)12-15)20-16-6-5-13(2)14(3)10-16/h4,13-16H,1,5-12H2,2-3H3,(H2,18,19,20). The van der Waals surface area contributed by atoms with Crippen LogP contribution in [0.5, 0.6) is 0 Å². The molecule has 0 aromatic carbocycles. The maximum absolute atomic E-state index is 11.5. The Labute approximate surface area is 140 Å². The van der Waals surface area contributed by atoms with Gasteiger partial charge in [0.25, 0.3) is 0 Å². The van der Waals surface area contributed by atoms with Crippen molar-refractivity contribution in [2.24, 2.45) is 22.7 Å². The molecule has 23 heavy (non-hydrogen) atoms. The van der Waals surface area contributed by atoms with Gasteiger partial charge in [0.05, 0.1) is 11.5 Å². The van der Waals surface area contributed by atoms with E-state index in [1.165, 1.54) is 6.42 Å². The second-order valence-electron chi connectivity index (χ2n) is 7.24. The molecule has 1 heterocycles. The number of rotatable bonds is 5. The third-order valence-electron chi connectivity index (χ3n) is 5.19. The highest BCUT2D eigenvalue weighted by molar-refractivity contribution is 7.91. The molecule has 4 atom stereocenters. The first kappa shape index (κ1) is 18.3. The molecule has 5 nitrogen and oxygen atoms in total. The molecule has 2 fully saturated rings. The quantitative estimate of drug-likeness (QED) is 0.456. The highest BCUT2D eigenvalue weighted by atomic mass is 32.2. The molecule has 0 radical (unpaired) electrons. The van der Waals surface area contributed by atoms with E-state index >= 15 is 0 Å². The van der Waals surface area contributed by atoms with Gasteiger partial charge in [-0.05, 0) is 43.4 Å². The Bertz CT molecular complexity index is 530. The molecule has 2 rings (SSSR count). The van der Waals surface area contributed by atoms with E-state index in [1.54, 1.807) is 0 Å². The van der Waals surface area contributed by atoms with Crippen LogP contribution in [-0.4, -0.2) is 45.0 Å². The third-order valence-corrected chi connectivity index (χ3v) is 7.02. The Balaban J connectivity index is 1.90. The summed E-state index contributed by atoms with van der Waals surface area (Å²) in [6.45, 7) is 9.61. The van der Waals surface area contributed by atoms with Crippen LogP contribution in [-0.2, 0) is 9.84 Å². The Morgan fingerprint density at radius 1 is 1.26 bits per heavy atom. The smallest absolute Gasteiger partial charge is 0.191 e. The summed E-state index contributed by atoms with van der Waals surface area (Å²) in [6, 6.07) is 0.449. The molecule has 1 aliphatic heterocycles. The fourth-order valence-corrected chi connectivity index (χ4v) is 5.28. The summed E-state index contributed by atoms with van der Waals surface area (Å²) in [5.74, 6) is 3.06. The van der Waals surface area contributed by atoms with Crippen molar-refractivity contribution in [3.8, 4) is 0 Å². The van der Waals surface area contributed by atoms with E-state index in [2.05, 4.69) is 36.1 Å². The first-order chi connectivity index (χ1) is 10.9. The number of nitrogens with zero attached hydrogens (tertiary/aromatic N) is 1. The van der Waals surface area contributed by atoms with Crippen LogP contribution in [0.2, 0.25) is 0 Å². The highest BCUT2D eigenvalue weighted by Gasteiger charge is 2.28. The lowest BCUT2D eigenvalue weighted by Crippen LogP contribution is -2.46. The van der Waals surface area contributed by atoms with E-state index < -0.39 is 9.84 Å². The molecule has 2 aliphatic rings. The molecule has 1 aliphatic carbocycles. The molecule has 0 spiro atoms. The second-order valence-corrected chi connectivity index (χ2v) is 9.47. The first-order valence-corrected chi connectivity index (χ1v) is 10.6. The zero-order chi connectivity index (χ0) is 16.9. The van der Waals surface area contributed by atoms with Gasteiger partial charge in [-0.15, -0.1) is 6.58 Å². The van der Waals surface area contributed by atoms with E-state index in [9.17, 15) is 8.42 Å². The first-order valence-electron chi connectivity index (χ1n) is 8.76. The van der Waals surface area contributed by atoms with Gasteiger partial charge in [-0.25, -0.2) is 8.42 Å². The molecular formula is C17H31N3O2S. The summed E-state index contributed by atoms with van der Waals surface area (Å²) >= 11 is 0. The van der Waals surface area contributed by atoms with Crippen molar-refractivity contribution in [1.82, 2.24) is 10.6 Å². The van der Waals surface area contributed by atoms with E-state index in [4.69, 9.17) is 0 Å². The fourth-order valence-electron chi connectivity index (χ4n) is 3.43. The Morgan fingerprint density at radius 2 is 2.04 bits per heavy atom. The average molecular weight is 342 g/mol. The van der Waals surface area contributed by atoms with Crippen LogP contribution in [0.1, 0.15) is 39.5 Å². The maximum atomic E-state index is 11.5. The topological polar surface area (TPSA) is 70.6 Å². The van der Waals surface area contributed by atoms with Crippen LogP contribution in [0.4, 0.5) is 0 Å². The van der Waals surface area contributed by atoms with Gasteiger partial charge in [0, 0.05) is 19.1 Å². The Morgan fingerprint density at radius 3 is 2.65 bits per heavy atom. The van der Waals surface area contributed by atoms with Gasteiger partial charge in [0.2, 0.25) is 0 Å². The van der Waals surface area contributed by atoms with Gasteiger partial charge in [0.1, 0.15) is 0 Å². The number of sulfone groups is 1. The maximum Gasteiger partial charge on any atom is 0.191 e. The van der Waals surface area contributed by atoms with E-state index in [1.807, 2.05) is 6.08 Å². The van der Waals surface area contributed by atoms with E-state index in [0.717, 1.165) is 37.1 Å². The normalized spacial score (nSPS) is 34.1. The van der Waals surface area contributed by atoms with Crippen LogP contribution >= 0.6 is 0 Å². The van der Waals surface area contributed by atoms with E-state index in [-0.39, 0.29) is 11.7 Å². The van der Waals surface area contributed by atoms with Crippen molar-refractivity contribution < 1.29 is 8.42 Å². The van der Waals surface area contributed by atoms with Crippen molar-refractivity contribution in [2.45, 2.75) is 45.6 Å². The van der Waals surface area contributed by atoms with Gasteiger partial charge >= 0.3 is 0 Å². The van der Waals surface area contributed by atoms with Gasteiger partial charge in [0.15, 0.2) is 15.8 Å². The predicted octanol–water partition coefficient (Wildman–Crippen LogP) is 1.97. The molecular weight excluding hydrogens is 310 g/mol. The van der Waals surface area contributed by atoms with Crippen LogP contribution in [0.3, 0.4) is 0 Å². The molecule has 6 heteroatoms. The SMILES string of the molecule is C=CCNC(=NCC1CCS(=O)(=O)C1)NC1CCC(C)C(C)C1. The van der Waals surface area contributed by atoms with E-state index in [0.29, 0.717) is 24.9 Å². The van der Waals surface area contributed by atoms with Crippen molar-refractivity contribution in [2.75, 3.05) is 24.6 Å². The number of aliphatic imine (C=N–C) groups is 1. The largest absolute Gasteiger partial charge is 0.354 e. The molecule has 0 amide bonds. The molecule has 4 unspecified atom stereocenters. The monoisotopic (exact) mass is 341 g/mol. The second kappa shape index (κ2) is 8.18. The van der Waals surface area contributed by atoms with Crippen molar-refractivity contribution in [3.63, 3.8) is 0 Å². The number of hydrogen-bond acceptors (Lipinski definition) is 3. The lowest BCUT2D eigenvalue weighted by molar-refractivity contribution is 0.239. The molecule has 1 saturated heterocycles. The van der Waals surface area contributed by atoms with Crippen molar-refractivity contribution >= 4 is 15.8 Å². The van der Waals surface area contributed by atoms with Gasteiger partial charge in [-0.2, -0.15) is 0 Å². The lowest BCUT2D eigenvalue weighted by atomic mass is 9.79. The minimum atomic E-state index is -2.83. The Hall–Kier alpha value is -1.04.